The molecule has 0 aliphatic carbocycles. The van der Waals surface area contributed by atoms with Crippen molar-refractivity contribution in [2.24, 2.45) is 0 Å². The van der Waals surface area contributed by atoms with Crippen molar-refractivity contribution >= 4 is 5.69 Å². The third-order valence-electron chi connectivity index (χ3n) is 2.11. The number of ether oxygens (including phenoxy) is 1. The van der Waals surface area contributed by atoms with E-state index in [1.54, 1.807) is 18.2 Å². The lowest BCUT2D eigenvalue weighted by atomic mass is 10.2. The van der Waals surface area contributed by atoms with Gasteiger partial charge in [0.05, 0.1) is 17.3 Å². The van der Waals surface area contributed by atoms with Crippen LogP contribution in [0.1, 0.15) is 5.56 Å². The summed E-state index contributed by atoms with van der Waals surface area (Å²) in [5.74, 6) is 1.28. The van der Waals surface area contributed by atoms with E-state index in [1.165, 1.54) is 0 Å². The Morgan fingerprint density at radius 1 is 1.06 bits per heavy atom. The van der Waals surface area contributed by atoms with Crippen molar-refractivity contribution in [1.29, 1.82) is 5.26 Å². The molecule has 0 fully saturated rings. The van der Waals surface area contributed by atoms with Gasteiger partial charge in [-0.25, -0.2) is 0 Å². The van der Waals surface area contributed by atoms with Crippen molar-refractivity contribution in [3.8, 4) is 17.6 Å². The summed E-state index contributed by atoms with van der Waals surface area (Å²) in [6, 6.07) is 16.4. The number of nitriles is 1. The zero-order valence-electron chi connectivity index (χ0n) is 8.55. The van der Waals surface area contributed by atoms with Crippen LogP contribution in [-0.4, -0.2) is 0 Å². The lowest BCUT2D eigenvalue weighted by Crippen LogP contribution is -1.92. The van der Waals surface area contributed by atoms with Crippen molar-refractivity contribution in [2.75, 3.05) is 5.73 Å². The Kier molecular flexibility index (Phi) is 2.75. The van der Waals surface area contributed by atoms with Crippen molar-refractivity contribution in [3.05, 3.63) is 54.1 Å². The van der Waals surface area contributed by atoms with E-state index in [1.807, 2.05) is 36.4 Å². The van der Waals surface area contributed by atoms with Crippen LogP contribution in [0.5, 0.6) is 11.5 Å². The first kappa shape index (κ1) is 10.1. The van der Waals surface area contributed by atoms with Gasteiger partial charge < -0.3 is 10.5 Å². The third kappa shape index (κ3) is 2.12. The molecule has 2 aromatic rings. The fourth-order valence-corrected chi connectivity index (χ4v) is 1.33. The summed E-state index contributed by atoms with van der Waals surface area (Å²) in [6.07, 6.45) is 0. The van der Waals surface area contributed by atoms with Gasteiger partial charge in [-0.1, -0.05) is 18.2 Å². The predicted molar refractivity (Wildman–Crippen MR) is 62.1 cm³/mol. The number of para-hydroxylation sites is 1. The molecule has 3 nitrogen and oxygen atoms in total. The maximum Gasteiger partial charge on any atom is 0.150 e. The van der Waals surface area contributed by atoms with Gasteiger partial charge in [-0.3, -0.25) is 0 Å². The molecule has 2 N–H and O–H groups in total. The number of benzene rings is 2. The van der Waals surface area contributed by atoms with Crippen LogP contribution >= 0.6 is 0 Å². The minimum atomic E-state index is 0.461. The van der Waals surface area contributed by atoms with E-state index in [0.29, 0.717) is 17.0 Å². The first-order valence-corrected chi connectivity index (χ1v) is 4.82. The topological polar surface area (TPSA) is 59.0 Å². The Labute approximate surface area is 93.7 Å². The quantitative estimate of drug-likeness (QED) is 0.775. The van der Waals surface area contributed by atoms with Crippen molar-refractivity contribution < 1.29 is 4.74 Å². The zero-order valence-corrected chi connectivity index (χ0v) is 8.55. The molecule has 0 aliphatic rings. The maximum absolute atomic E-state index is 8.70. The first-order valence-electron chi connectivity index (χ1n) is 4.82. The van der Waals surface area contributed by atoms with Gasteiger partial charge in [0.1, 0.15) is 11.5 Å². The molecule has 0 heterocycles. The number of hydrogen-bond donors (Lipinski definition) is 1. The molecule has 0 aromatic heterocycles. The SMILES string of the molecule is N#Cc1ccc(Oc2ccccc2)c(N)c1. The van der Waals surface area contributed by atoms with E-state index >= 15 is 0 Å². The predicted octanol–water partition coefficient (Wildman–Crippen LogP) is 2.93. The maximum atomic E-state index is 8.70. The monoisotopic (exact) mass is 210 g/mol. The Hall–Kier alpha value is -2.47. The van der Waals surface area contributed by atoms with Crippen LogP contribution in [0.3, 0.4) is 0 Å². The molecule has 16 heavy (non-hydrogen) atoms. The molecule has 0 spiro atoms. The fourth-order valence-electron chi connectivity index (χ4n) is 1.33. The molecule has 0 atom stereocenters. The largest absolute Gasteiger partial charge is 0.455 e. The number of nitrogens with two attached hydrogens (primary N) is 1. The molecule has 2 aromatic carbocycles. The van der Waals surface area contributed by atoms with E-state index in [2.05, 4.69) is 0 Å². The first-order chi connectivity index (χ1) is 7.79. The highest BCUT2D eigenvalue weighted by atomic mass is 16.5. The Bertz CT molecular complexity index is 529. The van der Waals surface area contributed by atoms with Gasteiger partial charge in [-0.2, -0.15) is 5.26 Å². The van der Waals surface area contributed by atoms with Crippen molar-refractivity contribution in [3.63, 3.8) is 0 Å². The lowest BCUT2D eigenvalue weighted by molar-refractivity contribution is 0.485. The minimum Gasteiger partial charge on any atom is -0.455 e. The van der Waals surface area contributed by atoms with Crippen LogP contribution in [-0.2, 0) is 0 Å². The van der Waals surface area contributed by atoms with E-state index in [0.717, 1.165) is 5.75 Å². The molecule has 3 heteroatoms. The van der Waals surface area contributed by atoms with Gasteiger partial charge in [-0.05, 0) is 30.3 Å². The molecule has 0 radical (unpaired) electrons. The normalized spacial score (nSPS) is 9.44. The molecule has 0 amide bonds. The molecule has 0 aliphatic heterocycles. The number of rotatable bonds is 2. The van der Waals surface area contributed by atoms with E-state index in [4.69, 9.17) is 15.7 Å². The molecular weight excluding hydrogens is 200 g/mol. The summed E-state index contributed by atoms with van der Waals surface area (Å²) in [7, 11) is 0. The highest BCUT2D eigenvalue weighted by Crippen LogP contribution is 2.27. The van der Waals surface area contributed by atoms with Crippen LogP contribution in [0, 0.1) is 11.3 Å². The number of anilines is 1. The summed E-state index contributed by atoms with van der Waals surface area (Å²) in [6.45, 7) is 0. The molecule has 0 saturated carbocycles. The summed E-state index contributed by atoms with van der Waals surface area (Å²) in [4.78, 5) is 0. The lowest BCUT2D eigenvalue weighted by Gasteiger charge is -2.07. The second-order valence-corrected chi connectivity index (χ2v) is 3.28. The Balaban J connectivity index is 2.27. The standard InChI is InChI=1S/C13H10N2O/c14-9-10-6-7-13(12(15)8-10)16-11-4-2-1-3-5-11/h1-8H,15H2. The highest BCUT2D eigenvalue weighted by molar-refractivity contribution is 5.57. The van der Waals surface area contributed by atoms with Gasteiger partial charge in [0.25, 0.3) is 0 Å². The summed E-state index contributed by atoms with van der Waals surface area (Å²) in [5, 5.41) is 8.70. The van der Waals surface area contributed by atoms with Crippen molar-refractivity contribution in [1.82, 2.24) is 0 Å². The summed E-state index contributed by atoms with van der Waals surface area (Å²) < 4.78 is 5.57. The second kappa shape index (κ2) is 4.37. The smallest absolute Gasteiger partial charge is 0.150 e. The van der Waals surface area contributed by atoms with E-state index in [9.17, 15) is 0 Å². The fraction of sp³-hybridized carbons (Fsp3) is 0. The van der Waals surface area contributed by atoms with Gasteiger partial charge >= 0.3 is 0 Å². The van der Waals surface area contributed by atoms with Crippen LogP contribution in [0.4, 0.5) is 5.69 Å². The van der Waals surface area contributed by atoms with E-state index in [-0.39, 0.29) is 0 Å². The van der Waals surface area contributed by atoms with Crippen molar-refractivity contribution in [2.45, 2.75) is 0 Å². The van der Waals surface area contributed by atoms with Gasteiger partial charge in [-0.15, -0.1) is 0 Å². The number of nitrogen functional groups attached to an aromatic ring is 1. The van der Waals surface area contributed by atoms with Gasteiger partial charge in [0.2, 0.25) is 0 Å². The van der Waals surface area contributed by atoms with Gasteiger partial charge in [0.15, 0.2) is 0 Å². The Morgan fingerprint density at radius 3 is 2.44 bits per heavy atom. The third-order valence-corrected chi connectivity index (χ3v) is 2.11. The van der Waals surface area contributed by atoms with Crippen LogP contribution in [0.25, 0.3) is 0 Å². The second-order valence-electron chi connectivity index (χ2n) is 3.28. The van der Waals surface area contributed by atoms with Crippen LogP contribution < -0.4 is 10.5 Å². The van der Waals surface area contributed by atoms with E-state index < -0.39 is 0 Å². The molecular formula is C13H10N2O. The molecule has 2 rings (SSSR count). The average molecular weight is 210 g/mol. The average Bonchev–Trinajstić information content (AvgIpc) is 2.33. The number of hydrogen-bond acceptors (Lipinski definition) is 3. The van der Waals surface area contributed by atoms with Crippen LogP contribution in [0.2, 0.25) is 0 Å². The number of nitrogens with zero attached hydrogens (tertiary/aromatic N) is 1. The molecule has 0 saturated heterocycles. The van der Waals surface area contributed by atoms with Crippen LogP contribution in [0.15, 0.2) is 48.5 Å². The Morgan fingerprint density at radius 2 is 1.81 bits per heavy atom. The zero-order chi connectivity index (χ0) is 11.4. The minimum absolute atomic E-state index is 0.461. The molecule has 0 unspecified atom stereocenters. The summed E-state index contributed by atoms with van der Waals surface area (Å²) in [5.41, 5.74) is 6.76. The summed E-state index contributed by atoms with van der Waals surface area (Å²) >= 11 is 0. The van der Waals surface area contributed by atoms with Gasteiger partial charge in [0, 0.05) is 0 Å². The molecule has 78 valence electrons. The molecule has 0 bridgehead atoms. The highest BCUT2D eigenvalue weighted by Gasteiger charge is 2.02.